The molecule has 4 aromatic rings. The number of ether oxygens (including phenoxy) is 3. The quantitative estimate of drug-likeness (QED) is 0.198. The van der Waals surface area contributed by atoms with E-state index in [4.69, 9.17) is 14.2 Å². The van der Waals surface area contributed by atoms with Gasteiger partial charge in [0.2, 0.25) is 15.0 Å². The summed E-state index contributed by atoms with van der Waals surface area (Å²) in [6, 6.07) is 2.02. The SMILES string of the molecule is CCS(=O)(=O)c1nc(C2C3CCC2CN(C(=O)OC(C)(C)C)C3)c2c3c(c(-c4ncc(F)c5sc(NC(=O)OC(C)(C)C)c(C#N)c45)c(F)c2n1)COC3. The number of halogens is 2. The number of aromatic nitrogens is 3. The van der Waals surface area contributed by atoms with Crippen molar-refractivity contribution >= 4 is 59.4 Å². The van der Waals surface area contributed by atoms with Crippen molar-refractivity contribution in [3.63, 3.8) is 0 Å². The highest BCUT2D eigenvalue weighted by molar-refractivity contribution is 7.91. The van der Waals surface area contributed by atoms with Crippen LogP contribution >= 0.6 is 11.3 Å². The fourth-order valence-electron chi connectivity index (χ4n) is 7.79. The van der Waals surface area contributed by atoms with Gasteiger partial charge in [0.1, 0.15) is 27.8 Å². The summed E-state index contributed by atoms with van der Waals surface area (Å²) in [6.45, 7) is 12.5. The Balaban J connectivity index is 1.44. The third-order valence-corrected chi connectivity index (χ3v) is 12.5. The van der Waals surface area contributed by atoms with Crippen molar-refractivity contribution in [2.24, 2.45) is 11.8 Å². The number of carbonyl (C=O) groups excluding carboxylic acids is 2. The molecule has 2 unspecified atom stereocenters. The molecule has 17 heteroatoms. The molecule has 2 amide bonds. The van der Waals surface area contributed by atoms with E-state index in [0.717, 1.165) is 30.4 Å². The number of nitriles is 1. The fourth-order valence-corrected chi connectivity index (χ4v) is 9.56. The number of piperidine rings is 1. The first kappa shape index (κ1) is 37.8. The van der Waals surface area contributed by atoms with E-state index in [2.05, 4.69) is 20.3 Å². The van der Waals surface area contributed by atoms with Crippen molar-refractivity contribution in [3.05, 3.63) is 40.2 Å². The van der Waals surface area contributed by atoms with E-state index in [1.165, 1.54) is 6.92 Å². The lowest BCUT2D eigenvalue weighted by Crippen LogP contribution is -2.46. The number of benzene rings is 1. The van der Waals surface area contributed by atoms with Crippen molar-refractivity contribution in [2.75, 3.05) is 24.2 Å². The van der Waals surface area contributed by atoms with E-state index in [-0.39, 0.29) is 74.1 Å². The number of hydrogen-bond acceptors (Lipinski definition) is 12. The second kappa shape index (κ2) is 13.3. The van der Waals surface area contributed by atoms with E-state index < -0.39 is 50.0 Å². The second-order valence-electron chi connectivity index (χ2n) is 15.9. The van der Waals surface area contributed by atoms with E-state index >= 15 is 8.78 Å². The predicted octanol–water partition coefficient (Wildman–Crippen LogP) is 7.59. The molecule has 5 heterocycles. The van der Waals surface area contributed by atoms with E-state index in [9.17, 15) is 23.3 Å². The summed E-state index contributed by atoms with van der Waals surface area (Å²) < 4.78 is 76.7. The van der Waals surface area contributed by atoms with Gasteiger partial charge in [-0.25, -0.2) is 36.8 Å². The Morgan fingerprint density at radius 2 is 1.69 bits per heavy atom. The zero-order valence-electron chi connectivity index (χ0n) is 30.9. The smallest absolute Gasteiger partial charge is 0.412 e. The van der Waals surface area contributed by atoms with Crippen LogP contribution in [0.4, 0.5) is 23.4 Å². The Bertz CT molecular complexity index is 2380. The van der Waals surface area contributed by atoms with Gasteiger partial charge in [-0.1, -0.05) is 6.92 Å². The topological polar surface area (TPSA) is 174 Å². The molecule has 1 aliphatic carbocycles. The molecule has 2 bridgehead atoms. The normalized spacial score (nSPS) is 19.9. The van der Waals surface area contributed by atoms with E-state index in [1.54, 1.807) is 46.4 Å². The van der Waals surface area contributed by atoms with Crippen molar-refractivity contribution in [3.8, 4) is 17.3 Å². The lowest BCUT2D eigenvalue weighted by Gasteiger charge is -2.38. The van der Waals surface area contributed by atoms with Crippen LogP contribution in [0.2, 0.25) is 0 Å². The molecule has 0 spiro atoms. The number of likely N-dealkylation sites (tertiary alicyclic amines) is 1. The molecule has 54 heavy (non-hydrogen) atoms. The number of thiophene rings is 1. The fraction of sp³-hybridized carbons (Fsp3) is 0.514. The number of carbonyl (C=O) groups is 2. The summed E-state index contributed by atoms with van der Waals surface area (Å²) in [5.74, 6) is -2.62. The molecule has 13 nitrogen and oxygen atoms in total. The molecule has 1 saturated carbocycles. The van der Waals surface area contributed by atoms with Gasteiger partial charge in [-0.2, -0.15) is 5.26 Å². The Kier molecular flexibility index (Phi) is 9.33. The average Bonchev–Trinajstić information content (AvgIpc) is 3.77. The zero-order chi connectivity index (χ0) is 39.1. The first-order valence-electron chi connectivity index (χ1n) is 17.7. The Morgan fingerprint density at radius 1 is 1.04 bits per heavy atom. The molecular formula is C37H40F2N6O7S2. The van der Waals surface area contributed by atoms with Crippen LogP contribution in [0.3, 0.4) is 0 Å². The van der Waals surface area contributed by atoms with Gasteiger partial charge in [0.25, 0.3) is 0 Å². The second-order valence-corrected chi connectivity index (χ2v) is 19.1. The van der Waals surface area contributed by atoms with Crippen LogP contribution < -0.4 is 5.32 Å². The summed E-state index contributed by atoms with van der Waals surface area (Å²) in [5.41, 5.74) is -0.884. The van der Waals surface area contributed by atoms with Gasteiger partial charge in [-0.15, -0.1) is 11.3 Å². The van der Waals surface area contributed by atoms with Crippen LogP contribution in [0, 0.1) is 34.8 Å². The van der Waals surface area contributed by atoms with Gasteiger partial charge in [0.05, 0.1) is 46.8 Å². The van der Waals surface area contributed by atoms with Gasteiger partial charge in [-0.3, -0.25) is 10.3 Å². The maximum atomic E-state index is 17.5. The number of sulfone groups is 1. The maximum Gasteiger partial charge on any atom is 0.412 e. The number of rotatable bonds is 5. The Hall–Kier alpha value is -4.53. The summed E-state index contributed by atoms with van der Waals surface area (Å²) in [6.07, 6.45) is 1.08. The molecule has 3 aliphatic rings. The number of amides is 2. The maximum absolute atomic E-state index is 17.5. The molecule has 1 aromatic carbocycles. The minimum atomic E-state index is -4.05. The number of nitrogens with zero attached hydrogens (tertiary/aromatic N) is 5. The summed E-state index contributed by atoms with van der Waals surface area (Å²) in [7, 11) is -4.05. The monoisotopic (exact) mass is 782 g/mol. The highest BCUT2D eigenvalue weighted by atomic mass is 32.2. The summed E-state index contributed by atoms with van der Waals surface area (Å²) in [4.78, 5) is 40.8. The Labute approximate surface area is 314 Å². The highest BCUT2D eigenvalue weighted by Gasteiger charge is 2.47. The van der Waals surface area contributed by atoms with Gasteiger partial charge < -0.3 is 19.1 Å². The first-order valence-corrected chi connectivity index (χ1v) is 20.1. The van der Waals surface area contributed by atoms with Crippen molar-refractivity contribution in [2.45, 2.75) is 96.8 Å². The van der Waals surface area contributed by atoms with Gasteiger partial charge in [-0.05, 0) is 77.3 Å². The van der Waals surface area contributed by atoms with Crippen LogP contribution in [0.25, 0.3) is 32.2 Å². The molecule has 3 aromatic heterocycles. The predicted molar refractivity (Wildman–Crippen MR) is 196 cm³/mol. The van der Waals surface area contributed by atoms with Gasteiger partial charge in [0, 0.05) is 35.3 Å². The zero-order valence-corrected chi connectivity index (χ0v) is 32.6. The van der Waals surface area contributed by atoms with E-state index in [1.807, 2.05) is 6.07 Å². The van der Waals surface area contributed by atoms with Crippen molar-refractivity contribution in [1.29, 1.82) is 5.26 Å². The van der Waals surface area contributed by atoms with E-state index in [0.29, 0.717) is 35.3 Å². The summed E-state index contributed by atoms with van der Waals surface area (Å²) in [5, 5.41) is 12.6. The lowest BCUT2D eigenvalue weighted by molar-refractivity contribution is 0.0128. The molecule has 2 atom stereocenters. The molecule has 286 valence electrons. The molecular weight excluding hydrogens is 743 g/mol. The minimum Gasteiger partial charge on any atom is -0.444 e. The number of fused-ring (bicyclic) bond motifs is 6. The number of anilines is 1. The molecule has 2 aliphatic heterocycles. The highest BCUT2D eigenvalue weighted by Crippen LogP contribution is 2.52. The third-order valence-electron chi connectivity index (χ3n) is 9.90. The van der Waals surface area contributed by atoms with Crippen LogP contribution in [0.15, 0.2) is 11.4 Å². The largest absolute Gasteiger partial charge is 0.444 e. The van der Waals surface area contributed by atoms with Crippen LogP contribution in [0.1, 0.15) is 89.6 Å². The number of pyridine rings is 1. The average molecular weight is 783 g/mol. The van der Waals surface area contributed by atoms with Gasteiger partial charge >= 0.3 is 12.2 Å². The number of hydrogen-bond donors (Lipinski definition) is 1. The molecule has 2 fully saturated rings. The molecule has 7 rings (SSSR count). The number of nitrogens with one attached hydrogen (secondary N) is 1. The van der Waals surface area contributed by atoms with Crippen LogP contribution in [-0.2, 0) is 37.3 Å². The van der Waals surface area contributed by atoms with Gasteiger partial charge in [0.15, 0.2) is 11.6 Å². The van der Waals surface area contributed by atoms with Crippen molar-refractivity contribution < 1.29 is 41.0 Å². The summed E-state index contributed by atoms with van der Waals surface area (Å²) >= 11 is 0.778. The standard InChI is InChI=1S/C37H40F2N6O7S2/c1-8-54(48,49)33-42-29(23-17-9-10-18(23)14-45(13-17)35(47)52-37(5,6)7)25-21-16-50-15-20(21)24(27(39)30(25)43-33)28-26-19(11-40)32(44-34(46)51-36(2,3)4)53-31(26)22(38)12-41-28/h12,17-18,23H,8-10,13-16H2,1-7H3,(H,44,46). The molecule has 1 N–H and O–H groups in total. The molecule has 1 saturated heterocycles. The molecule has 0 radical (unpaired) electrons. The lowest BCUT2D eigenvalue weighted by atomic mass is 9.80. The third kappa shape index (κ3) is 6.62. The minimum absolute atomic E-state index is 0.0156. The van der Waals surface area contributed by atoms with Crippen LogP contribution in [0.5, 0.6) is 0 Å². The first-order chi connectivity index (χ1) is 25.3. The van der Waals surface area contributed by atoms with Crippen molar-refractivity contribution in [1.82, 2.24) is 19.9 Å². The van der Waals surface area contributed by atoms with Crippen LogP contribution in [-0.4, -0.2) is 70.5 Å². The Morgan fingerprint density at radius 3 is 2.30 bits per heavy atom.